The second-order valence-electron chi connectivity index (χ2n) is 6.49. The molecule has 2 heterocycles. The normalized spacial score (nSPS) is 11.4. The fourth-order valence-corrected chi connectivity index (χ4v) is 2.68. The molecule has 0 aliphatic heterocycles. The number of unbranched alkanes of at least 4 members (excludes halogenated alkanes) is 1. The molecular weight excluding hydrogens is 316 g/mol. The van der Waals surface area contributed by atoms with E-state index in [1.807, 2.05) is 42.8 Å². The second-order valence-corrected chi connectivity index (χ2v) is 6.49. The summed E-state index contributed by atoms with van der Waals surface area (Å²) >= 11 is 0. The van der Waals surface area contributed by atoms with Gasteiger partial charge in [-0.05, 0) is 30.7 Å². The highest BCUT2D eigenvalue weighted by atomic mass is 16.5. The molecule has 25 heavy (non-hydrogen) atoms. The van der Waals surface area contributed by atoms with Gasteiger partial charge in [0.25, 0.3) is 0 Å². The molecule has 0 fully saturated rings. The molecule has 0 unspecified atom stereocenters. The van der Waals surface area contributed by atoms with Crippen LogP contribution in [0.4, 0.5) is 5.82 Å². The van der Waals surface area contributed by atoms with Crippen LogP contribution in [-0.4, -0.2) is 27.8 Å². The van der Waals surface area contributed by atoms with E-state index in [2.05, 4.69) is 17.3 Å². The van der Waals surface area contributed by atoms with Crippen molar-refractivity contribution < 1.29 is 9.53 Å². The Kier molecular flexibility index (Phi) is 4.88. The van der Waals surface area contributed by atoms with Crippen molar-refractivity contribution >= 4 is 33.7 Å². The van der Waals surface area contributed by atoms with E-state index in [1.165, 1.54) is 0 Å². The van der Waals surface area contributed by atoms with E-state index < -0.39 is 0 Å². The lowest BCUT2D eigenvalue weighted by Crippen LogP contribution is -2.18. The number of benzene rings is 1. The van der Waals surface area contributed by atoms with E-state index in [4.69, 9.17) is 9.72 Å². The summed E-state index contributed by atoms with van der Waals surface area (Å²) in [4.78, 5) is 16.9. The first kappa shape index (κ1) is 17.2. The first-order chi connectivity index (χ1) is 12.0. The van der Waals surface area contributed by atoms with Gasteiger partial charge < -0.3 is 10.1 Å². The van der Waals surface area contributed by atoms with E-state index >= 15 is 0 Å². The first-order valence-corrected chi connectivity index (χ1v) is 8.69. The van der Waals surface area contributed by atoms with Crippen LogP contribution in [0, 0.1) is 5.92 Å². The number of aryl methyl sites for hydroxylation is 1. The number of ether oxygens (including phenoxy) is 1. The van der Waals surface area contributed by atoms with Gasteiger partial charge in [-0.3, -0.25) is 4.79 Å². The van der Waals surface area contributed by atoms with Gasteiger partial charge in [-0.15, -0.1) is 0 Å². The summed E-state index contributed by atoms with van der Waals surface area (Å²) in [6, 6.07) is 7.80. The van der Waals surface area contributed by atoms with Crippen molar-refractivity contribution in [2.75, 3.05) is 12.4 Å². The van der Waals surface area contributed by atoms with Crippen LogP contribution >= 0.6 is 0 Å². The Morgan fingerprint density at radius 1 is 1.32 bits per heavy atom. The highest BCUT2D eigenvalue weighted by Crippen LogP contribution is 2.28. The molecule has 6 nitrogen and oxygen atoms in total. The predicted octanol–water partition coefficient (Wildman–Crippen LogP) is 3.99. The molecule has 0 aliphatic carbocycles. The van der Waals surface area contributed by atoms with Crippen molar-refractivity contribution in [3.63, 3.8) is 0 Å². The Bertz CT molecular complexity index is 915. The molecular formula is C19H24N4O2. The number of nitrogens with one attached hydrogen (secondary N) is 1. The largest absolute Gasteiger partial charge is 0.497 e. The smallest absolute Gasteiger partial charge is 0.228 e. The maximum Gasteiger partial charge on any atom is 0.228 e. The van der Waals surface area contributed by atoms with Gasteiger partial charge in [-0.2, -0.15) is 5.10 Å². The van der Waals surface area contributed by atoms with Crippen molar-refractivity contribution in [1.82, 2.24) is 14.8 Å². The number of methoxy groups -OCH3 is 1. The van der Waals surface area contributed by atoms with Crippen molar-refractivity contribution in [3.05, 3.63) is 24.3 Å². The van der Waals surface area contributed by atoms with E-state index in [0.29, 0.717) is 5.82 Å². The van der Waals surface area contributed by atoms with Gasteiger partial charge in [0, 0.05) is 17.8 Å². The third kappa shape index (κ3) is 3.43. The molecule has 2 aromatic heterocycles. The third-order valence-electron chi connectivity index (χ3n) is 4.21. The first-order valence-electron chi connectivity index (χ1n) is 8.69. The molecule has 6 heteroatoms. The molecule has 1 aromatic carbocycles. The van der Waals surface area contributed by atoms with Gasteiger partial charge in [-0.1, -0.05) is 27.2 Å². The Morgan fingerprint density at radius 2 is 2.12 bits per heavy atom. The molecule has 3 rings (SSSR count). The lowest BCUT2D eigenvalue weighted by Gasteiger charge is -2.05. The summed E-state index contributed by atoms with van der Waals surface area (Å²) in [5, 5.41) is 9.35. The zero-order chi connectivity index (χ0) is 18.0. The number of hydrogen-bond acceptors (Lipinski definition) is 4. The number of carbonyl (C=O) groups excluding carboxylic acids is 1. The highest BCUT2D eigenvalue weighted by Gasteiger charge is 2.17. The molecule has 3 aromatic rings. The molecule has 0 saturated heterocycles. The molecule has 1 N–H and O–H groups in total. The minimum Gasteiger partial charge on any atom is -0.497 e. The zero-order valence-electron chi connectivity index (χ0n) is 15.2. The van der Waals surface area contributed by atoms with Crippen LogP contribution in [0.25, 0.3) is 21.9 Å². The van der Waals surface area contributed by atoms with Crippen molar-refractivity contribution in [1.29, 1.82) is 0 Å². The molecule has 0 bridgehead atoms. The van der Waals surface area contributed by atoms with Crippen LogP contribution in [0.2, 0.25) is 0 Å². The van der Waals surface area contributed by atoms with Crippen LogP contribution in [-0.2, 0) is 11.3 Å². The van der Waals surface area contributed by atoms with Crippen LogP contribution in [0.15, 0.2) is 24.3 Å². The lowest BCUT2D eigenvalue weighted by atomic mass is 10.1. The Morgan fingerprint density at radius 3 is 2.80 bits per heavy atom. The zero-order valence-corrected chi connectivity index (χ0v) is 15.2. The minimum atomic E-state index is -0.107. The lowest BCUT2D eigenvalue weighted by molar-refractivity contribution is -0.118. The number of pyridine rings is 1. The van der Waals surface area contributed by atoms with Gasteiger partial charge >= 0.3 is 0 Å². The Balaban J connectivity index is 2.15. The third-order valence-corrected chi connectivity index (χ3v) is 4.21. The van der Waals surface area contributed by atoms with Gasteiger partial charge in [0.2, 0.25) is 5.91 Å². The van der Waals surface area contributed by atoms with Gasteiger partial charge in [-0.25, -0.2) is 9.67 Å². The molecule has 0 aliphatic rings. The average Bonchev–Trinajstić information content (AvgIpc) is 2.94. The van der Waals surface area contributed by atoms with Crippen LogP contribution in [0.1, 0.15) is 33.6 Å². The summed E-state index contributed by atoms with van der Waals surface area (Å²) in [6.45, 7) is 6.65. The quantitative estimate of drug-likeness (QED) is 0.737. The van der Waals surface area contributed by atoms with Gasteiger partial charge in [0.1, 0.15) is 5.75 Å². The highest BCUT2D eigenvalue weighted by molar-refractivity contribution is 6.03. The summed E-state index contributed by atoms with van der Waals surface area (Å²) in [7, 11) is 1.64. The molecule has 0 radical (unpaired) electrons. The number of nitrogens with zero attached hydrogens (tertiary/aromatic N) is 3. The summed E-state index contributed by atoms with van der Waals surface area (Å²) in [5.74, 6) is 1.19. The number of fused-ring (bicyclic) bond motifs is 2. The second kappa shape index (κ2) is 7.09. The topological polar surface area (TPSA) is 69.0 Å². The van der Waals surface area contributed by atoms with E-state index in [9.17, 15) is 4.79 Å². The number of amides is 1. The number of aromatic nitrogens is 3. The van der Waals surface area contributed by atoms with Crippen molar-refractivity contribution in [2.24, 2.45) is 5.92 Å². The number of carbonyl (C=O) groups is 1. The standard InChI is InChI=1S/C19H24N4O2/c1-5-6-9-23-18-15(17(22-23)21-19(24)12(2)3)11-13-10-14(25-4)7-8-16(13)20-18/h7-8,10-12H,5-6,9H2,1-4H3,(H,21,22,24). The van der Waals surface area contributed by atoms with Crippen LogP contribution in [0.5, 0.6) is 5.75 Å². The van der Waals surface area contributed by atoms with E-state index in [1.54, 1.807) is 7.11 Å². The fourth-order valence-electron chi connectivity index (χ4n) is 2.68. The molecule has 0 atom stereocenters. The average molecular weight is 340 g/mol. The van der Waals surface area contributed by atoms with Crippen molar-refractivity contribution in [3.8, 4) is 5.75 Å². The van der Waals surface area contributed by atoms with Crippen LogP contribution in [0.3, 0.4) is 0 Å². The van der Waals surface area contributed by atoms with Gasteiger partial charge in [0.15, 0.2) is 11.5 Å². The van der Waals surface area contributed by atoms with Crippen molar-refractivity contribution in [2.45, 2.75) is 40.2 Å². The summed E-state index contributed by atoms with van der Waals surface area (Å²) in [5.41, 5.74) is 1.68. The predicted molar refractivity (Wildman–Crippen MR) is 100.0 cm³/mol. The molecule has 132 valence electrons. The molecule has 0 spiro atoms. The fraction of sp³-hybridized carbons (Fsp3) is 0.421. The monoisotopic (exact) mass is 340 g/mol. The maximum absolute atomic E-state index is 12.1. The molecule has 1 amide bonds. The SMILES string of the molecule is CCCCn1nc(NC(=O)C(C)C)c2cc3cc(OC)ccc3nc21. The number of anilines is 1. The van der Waals surface area contributed by atoms with E-state index in [0.717, 1.165) is 47.1 Å². The number of hydrogen-bond donors (Lipinski definition) is 1. The summed E-state index contributed by atoms with van der Waals surface area (Å²) in [6.07, 6.45) is 2.08. The minimum absolute atomic E-state index is 0.0484. The number of rotatable bonds is 6. The van der Waals surface area contributed by atoms with E-state index in [-0.39, 0.29) is 11.8 Å². The summed E-state index contributed by atoms with van der Waals surface area (Å²) < 4.78 is 7.19. The molecule has 0 saturated carbocycles. The Labute approximate surface area is 147 Å². The maximum atomic E-state index is 12.1. The Hall–Kier alpha value is -2.63. The van der Waals surface area contributed by atoms with Crippen LogP contribution < -0.4 is 10.1 Å². The van der Waals surface area contributed by atoms with Gasteiger partial charge in [0.05, 0.1) is 18.0 Å².